The SMILES string of the molecule is O=C1NC(=O)C(CNC(=O)c2ccccc2-c2ccc(Cl)cc2)(c2ncccc2C(F)(F)F)N1. The number of nitrogens with one attached hydrogen (secondary N) is 3. The normalized spacial score (nSPS) is 17.8. The molecule has 1 aliphatic rings. The van der Waals surface area contributed by atoms with Gasteiger partial charge in [-0.3, -0.25) is 19.9 Å². The summed E-state index contributed by atoms with van der Waals surface area (Å²) in [5.41, 5.74) is -2.75. The van der Waals surface area contributed by atoms with Crippen LogP contribution in [0.25, 0.3) is 11.1 Å². The van der Waals surface area contributed by atoms with Gasteiger partial charge in [0.05, 0.1) is 17.8 Å². The molecule has 1 atom stereocenters. The van der Waals surface area contributed by atoms with Gasteiger partial charge in [-0.25, -0.2) is 4.79 Å². The summed E-state index contributed by atoms with van der Waals surface area (Å²) in [6.45, 7) is -0.668. The van der Waals surface area contributed by atoms with Gasteiger partial charge in [0.2, 0.25) is 0 Å². The Bertz CT molecular complexity index is 1280. The number of hydrogen-bond acceptors (Lipinski definition) is 4. The Balaban J connectivity index is 1.69. The van der Waals surface area contributed by atoms with Gasteiger partial charge in [-0.2, -0.15) is 13.2 Å². The number of imide groups is 1. The van der Waals surface area contributed by atoms with Crippen molar-refractivity contribution in [2.75, 3.05) is 6.54 Å². The minimum atomic E-state index is -4.85. The van der Waals surface area contributed by atoms with Gasteiger partial charge < -0.3 is 10.6 Å². The zero-order valence-corrected chi connectivity index (χ0v) is 18.0. The molecule has 4 rings (SSSR count). The molecule has 1 fully saturated rings. The molecule has 0 bridgehead atoms. The van der Waals surface area contributed by atoms with Gasteiger partial charge in [-0.05, 0) is 41.5 Å². The van der Waals surface area contributed by atoms with Crippen LogP contribution in [0.5, 0.6) is 0 Å². The van der Waals surface area contributed by atoms with E-state index in [9.17, 15) is 27.6 Å². The van der Waals surface area contributed by atoms with Gasteiger partial charge in [0.1, 0.15) is 0 Å². The highest BCUT2D eigenvalue weighted by Gasteiger charge is 2.53. The van der Waals surface area contributed by atoms with E-state index in [0.717, 1.165) is 18.3 Å². The lowest BCUT2D eigenvalue weighted by atomic mass is 9.90. The fraction of sp³-hybridized carbons (Fsp3) is 0.130. The molecule has 34 heavy (non-hydrogen) atoms. The van der Waals surface area contributed by atoms with E-state index in [1.807, 2.05) is 5.32 Å². The van der Waals surface area contributed by atoms with Crippen LogP contribution in [-0.2, 0) is 16.5 Å². The molecule has 1 aromatic heterocycles. The van der Waals surface area contributed by atoms with Crippen molar-refractivity contribution < 1.29 is 27.6 Å². The lowest BCUT2D eigenvalue weighted by molar-refractivity contribution is -0.139. The average Bonchev–Trinajstić information content (AvgIpc) is 3.11. The third-order valence-electron chi connectivity index (χ3n) is 5.30. The Morgan fingerprint density at radius 2 is 1.74 bits per heavy atom. The van der Waals surface area contributed by atoms with Crippen LogP contribution in [0.4, 0.5) is 18.0 Å². The molecule has 0 radical (unpaired) electrons. The van der Waals surface area contributed by atoms with Gasteiger partial charge in [0.15, 0.2) is 5.54 Å². The molecular weight excluding hydrogens is 473 g/mol. The number of hydrogen-bond donors (Lipinski definition) is 3. The Morgan fingerprint density at radius 3 is 2.38 bits per heavy atom. The van der Waals surface area contributed by atoms with E-state index < -0.39 is 47.4 Å². The van der Waals surface area contributed by atoms with E-state index in [4.69, 9.17) is 11.6 Å². The lowest BCUT2D eigenvalue weighted by Gasteiger charge is -2.28. The maximum absolute atomic E-state index is 13.6. The molecule has 174 valence electrons. The topological polar surface area (TPSA) is 100 Å². The van der Waals surface area contributed by atoms with Crippen molar-refractivity contribution in [3.8, 4) is 11.1 Å². The number of amides is 4. The summed E-state index contributed by atoms with van der Waals surface area (Å²) in [6.07, 6.45) is -3.78. The summed E-state index contributed by atoms with van der Waals surface area (Å²) in [6, 6.07) is 14.1. The molecule has 4 amide bonds. The Morgan fingerprint density at radius 1 is 1.03 bits per heavy atom. The molecule has 3 N–H and O–H groups in total. The molecule has 2 heterocycles. The number of carbonyl (C=O) groups excluding carboxylic acids is 3. The molecule has 0 aliphatic carbocycles. The van der Waals surface area contributed by atoms with Crippen molar-refractivity contribution in [1.29, 1.82) is 0 Å². The lowest BCUT2D eigenvalue weighted by Crippen LogP contribution is -2.54. The summed E-state index contributed by atoms with van der Waals surface area (Å²) in [5.74, 6) is -1.73. The van der Waals surface area contributed by atoms with Crippen molar-refractivity contribution >= 4 is 29.4 Å². The standard InChI is InChI=1S/C23H16ClF3N4O3/c24-14-9-7-13(8-10-14)15-4-1-2-5-16(15)19(32)29-12-22(20(33)30-21(34)31-22)18-17(23(25,26)27)6-3-11-28-18/h1-11H,12H2,(H,29,32)(H2,30,31,33,34). The highest BCUT2D eigenvalue weighted by Crippen LogP contribution is 2.36. The van der Waals surface area contributed by atoms with Crippen LogP contribution in [0.2, 0.25) is 5.02 Å². The summed E-state index contributed by atoms with van der Waals surface area (Å²) in [5, 5.41) is 7.13. The zero-order chi connectivity index (χ0) is 24.5. The van der Waals surface area contributed by atoms with E-state index >= 15 is 0 Å². The largest absolute Gasteiger partial charge is 0.418 e. The van der Waals surface area contributed by atoms with Gasteiger partial charge in [0.25, 0.3) is 11.8 Å². The number of pyridine rings is 1. The summed E-state index contributed by atoms with van der Waals surface area (Å²) in [4.78, 5) is 41.4. The second-order valence-corrected chi connectivity index (χ2v) is 7.88. The van der Waals surface area contributed by atoms with Crippen molar-refractivity contribution in [3.63, 3.8) is 0 Å². The maximum atomic E-state index is 13.6. The molecule has 1 aliphatic heterocycles. The predicted octanol–water partition coefficient (Wildman–Crippen LogP) is 3.89. The number of nitrogens with zero attached hydrogens (tertiary/aromatic N) is 1. The second kappa shape index (κ2) is 8.79. The number of halogens is 4. The average molecular weight is 489 g/mol. The van der Waals surface area contributed by atoms with Gasteiger partial charge in [-0.15, -0.1) is 0 Å². The molecule has 1 unspecified atom stereocenters. The van der Waals surface area contributed by atoms with Crippen LogP contribution < -0.4 is 16.0 Å². The molecule has 7 nitrogen and oxygen atoms in total. The summed E-state index contributed by atoms with van der Waals surface area (Å²) < 4.78 is 40.9. The fourth-order valence-electron chi connectivity index (χ4n) is 3.71. The van der Waals surface area contributed by atoms with E-state index in [-0.39, 0.29) is 5.56 Å². The van der Waals surface area contributed by atoms with Crippen molar-refractivity contribution in [1.82, 2.24) is 20.9 Å². The van der Waals surface area contributed by atoms with Crippen LogP contribution in [0.1, 0.15) is 21.6 Å². The van der Waals surface area contributed by atoms with Gasteiger partial charge >= 0.3 is 12.2 Å². The third-order valence-corrected chi connectivity index (χ3v) is 5.55. The smallest absolute Gasteiger partial charge is 0.349 e. The molecule has 2 aromatic carbocycles. The minimum Gasteiger partial charge on any atom is -0.349 e. The van der Waals surface area contributed by atoms with Gasteiger partial charge in [-0.1, -0.05) is 41.9 Å². The summed E-state index contributed by atoms with van der Waals surface area (Å²) in [7, 11) is 0. The highest BCUT2D eigenvalue weighted by molar-refractivity contribution is 6.30. The number of rotatable bonds is 5. The Kier molecular flexibility index (Phi) is 6.01. The molecule has 0 spiro atoms. The van der Waals surface area contributed by atoms with Crippen LogP contribution in [0, 0.1) is 0 Å². The maximum Gasteiger partial charge on any atom is 0.418 e. The van der Waals surface area contributed by atoms with Crippen LogP contribution >= 0.6 is 11.6 Å². The number of urea groups is 1. The van der Waals surface area contributed by atoms with E-state index in [0.29, 0.717) is 16.1 Å². The quantitative estimate of drug-likeness (QED) is 0.474. The highest BCUT2D eigenvalue weighted by atomic mass is 35.5. The monoisotopic (exact) mass is 488 g/mol. The predicted molar refractivity (Wildman–Crippen MR) is 117 cm³/mol. The summed E-state index contributed by atoms with van der Waals surface area (Å²) >= 11 is 5.93. The van der Waals surface area contributed by atoms with Crippen LogP contribution in [0.15, 0.2) is 66.9 Å². The number of benzene rings is 2. The molecule has 3 aromatic rings. The van der Waals surface area contributed by atoms with E-state index in [1.165, 1.54) is 6.07 Å². The van der Waals surface area contributed by atoms with E-state index in [2.05, 4.69) is 15.6 Å². The van der Waals surface area contributed by atoms with Crippen LogP contribution in [0.3, 0.4) is 0 Å². The number of alkyl halides is 3. The first kappa shape index (κ1) is 23.2. The minimum absolute atomic E-state index is 0.210. The first-order valence-corrected chi connectivity index (χ1v) is 10.3. The van der Waals surface area contributed by atoms with Crippen molar-refractivity contribution in [3.05, 3.63) is 88.7 Å². The fourth-order valence-corrected chi connectivity index (χ4v) is 3.84. The van der Waals surface area contributed by atoms with Gasteiger partial charge in [0, 0.05) is 16.8 Å². The Hall–Kier alpha value is -3.92. The molecule has 0 saturated carbocycles. The third kappa shape index (κ3) is 4.32. The first-order chi connectivity index (χ1) is 16.1. The molecule has 1 saturated heterocycles. The van der Waals surface area contributed by atoms with Crippen LogP contribution in [-0.4, -0.2) is 29.4 Å². The molecule has 11 heteroatoms. The zero-order valence-electron chi connectivity index (χ0n) is 17.2. The number of aromatic nitrogens is 1. The van der Waals surface area contributed by atoms with Crippen molar-refractivity contribution in [2.24, 2.45) is 0 Å². The van der Waals surface area contributed by atoms with Crippen molar-refractivity contribution in [2.45, 2.75) is 11.7 Å². The Labute approximate surface area is 196 Å². The first-order valence-electron chi connectivity index (χ1n) is 9.91. The number of carbonyl (C=O) groups is 3. The second-order valence-electron chi connectivity index (χ2n) is 7.45. The van der Waals surface area contributed by atoms with E-state index in [1.54, 1.807) is 42.5 Å². The molecular formula is C23H16ClF3N4O3.